The molecule has 3 N–H and O–H groups in total. The summed E-state index contributed by atoms with van der Waals surface area (Å²) >= 11 is 0. The summed E-state index contributed by atoms with van der Waals surface area (Å²) in [5, 5.41) is 12.0. The molecule has 1 rings (SSSR count). The molecular formula is C6H11N3O3. The minimum atomic E-state index is -0.803. The predicted molar refractivity (Wildman–Crippen MR) is 41.4 cm³/mol. The molecule has 0 saturated carbocycles. The van der Waals surface area contributed by atoms with E-state index in [-0.39, 0.29) is 6.42 Å². The van der Waals surface area contributed by atoms with Crippen LogP contribution >= 0.6 is 0 Å². The third kappa shape index (κ3) is 3.20. The summed E-state index contributed by atoms with van der Waals surface area (Å²) < 4.78 is 5.12. The predicted octanol–water partition coefficient (Wildman–Crippen LogP) is -0.711. The molecule has 12 heavy (non-hydrogen) atoms. The number of nitrogens with zero attached hydrogens (tertiary/aromatic N) is 1. The number of ether oxygens (including phenoxy) is 1. The molecule has 1 aliphatic rings. The van der Waals surface area contributed by atoms with Crippen molar-refractivity contribution in [1.82, 2.24) is 11.0 Å². The number of hydrazine groups is 1. The molecule has 0 bridgehead atoms. The van der Waals surface area contributed by atoms with E-state index in [1.165, 1.54) is 0 Å². The first-order valence-electron chi connectivity index (χ1n) is 3.68. The van der Waals surface area contributed by atoms with Gasteiger partial charge in [0.2, 0.25) is 5.90 Å². The Kier molecular flexibility index (Phi) is 3.34. The third-order valence-electron chi connectivity index (χ3n) is 1.30. The van der Waals surface area contributed by atoms with Crippen molar-refractivity contribution in [1.29, 1.82) is 0 Å². The van der Waals surface area contributed by atoms with Gasteiger partial charge in [-0.2, -0.15) is 0 Å². The van der Waals surface area contributed by atoms with Gasteiger partial charge in [0.25, 0.3) is 0 Å². The molecule has 0 saturated heterocycles. The second kappa shape index (κ2) is 4.55. The molecule has 1 heterocycles. The number of rotatable bonds is 4. The van der Waals surface area contributed by atoms with Gasteiger partial charge in [0.05, 0.1) is 13.2 Å². The van der Waals surface area contributed by atoms with Crippen LogP contribution in [0.15, 0.2) is 5.10 Å². The van der Waals surface area contributed by atoms with Crippen LogP contribution in [0.5, 0.6) is 0 Å². The molecule has 68 valence electrons. The van der Waals surface area contributed by atoms with E-state index >= 15 is 0 Å². The molecular weight excluding hydrogens is 162 g/mol. The highest BCUT2D eigenvalue weighted by Crippen LogP contribution is 1.92. The smallest absolute Gasteiger partial charge is 0.303 e. The van der Waals surface area contributed by atoms with Gasteiger partial charge in [-0.15, -0.1) is 5.10 Å². The zero-order valence-electron chi connectivity index (χ0n) is 6.54. The lowest BCUT2D eigenvalue weighted by Gasteiger charge is -2.01. The van der Waals surface area contributed by atoms with E-state index in [2.05, 4.69) is 16.1 Å². The zero-order chi connectivity index (χ0) is 8.81. The molecule has 0 aromatic heterocycles. The molecule has 0 unspecified atom stereocenters. The summed E-state index contributed by atoms with van der Waals surface area (Å²) in [6, 6.07) is 0. The molecule has 0 spiro atoms. The Balaban J connectivity index is 1.98. The van der Waals surface area contributed by atoms with Crippen LogP contribution < -0.4 is 11.0 Å². The number of aliphatic carboxylic acids is 1. The van der Waals surface area contributed by atoms with Gasteiger partial charge in [-0.1, -0.05) is 0 Å². The van der Waals surface area contributed by atoms with E-state index in [4.69, 9.17) is 9.84 Å². The normalized spacial score (nSPS) is 15.2. The van der Waals surface area contributed by atoms with Gasteiger partial charge >= 0.3 is 5.97 Å². The SMILES string of the molecule is O=C(O)CCCOC1=NNNC1. The minimum absolute atomic E-state index is 0.133. The highest BCUT2D eigenvalue weighted by Gasteiger charge is 2.05. The van der Waals surface area contributed by atoms with E-state index in [1.807, 2.05) is 0 Å². The number of carboxylic acids is 1. The second-order valence-electron chi connectivity index (χ2n) is 2.32. The lowest BCUT2D eigenvalue weighted by molar-refractivity contribution is -0.137. The van der Waals surface area contributed by atoms with E-state index in [1.54, 1.807) is 0 Å². The van der Waals surface area contributed by atoms with Crippen LogP contribution in [0.2, 0.25) is 0 Å². The van der Waals surface area contributed by atoms with E-state index < -0.39 is 5.97 Å². The molecule has 6 heteroatoms. The molecule has 0 aliphatic carbocycles. The van der Waals surface area contributed by atoms with Crippen LogP contribution in [0.3, 0.4) is 0 Å². The Morgan fingerprint density at radius 3 is 3.17 bits per heavy atom. The molecule has 0 aromatic rings. The van der Waals surface area contributed by atoms with Crippen molar-refractivity contribution >= 4 is 11.9 Å². The van der Waals surface area contributed by atoms with Gasteiger partial charge in [0.1, 0.15) is 0 Å². The first kappa shape index (κ1) is 8.79. The van der Waals surface area contributed by atoms with Gasteiger partial charge in [0.15, 0.2) is 0 Å². The average Bonchev–Trinajstić information content (AvgIpc) is 2.49. The Labute approximate surface area is 69.6 Å². The molecule has 0 fully saturated rings. The number of carbonyl (C=O) groups is 1. The standard InChI is InChI=1S/C6H11N3O3/c10-6(11)2-1-3-12-5-4-7-9-8-5/h7,9H,1-4H2,(H,10,11). The molecule has 0 atom stereocenters. The monoisotopic (exact) mass is 173 g/mol. The zero-order valence-corrected chi connectivity index (χ0v) is 6.54. The average molecular weight is 173 g/mol. The van der Waals surface area contributed by atoms with Crippen molar-refractivity contribution in [2.45, 2.75) is 12.8 Å². The van der Waals surface area contributed by atoms with Crippen molar-refractivity contribution in [2.75, 3.05) is 13.2 Å². The second-order valence-corrected chi connectivity index (χ2v) is 2.32. The lowest BCUT2D eigenvalue weighted by atomic mass is 10.3. The van der Waals surface area contributed by atoms with Crippen LogP contribution in [-0.4, -0.2) is 30.1 Å². The van der Waals surface area contributed by atoms with Crippen LogP contribution in [0.4, 0.5) is 0 Å². The topological polar surface area (TPSA) is 83.0 Å². The molecule has 0 aromatic carbocycles. The summed E-state index contributed by atoms with van der Waals surface area (Å²) in [4.78, 5) is 10.1. The maximum Gasteiger partial charge on any atom is 0.303 e. The summed E-state index contributed by atoms with van der Waals surface area (Å²) in [5.74, 6) is -0.233. The highest BCUT2D eigenvalue weighted by molar-refractivity contribution is 5.78. The fourth-order valence-corrected chi connectivity index (χ4v) is 0.753. The number of carboxylic acid groups (broad SMARTS) is 1. The number of hydrogen-bond donors (Lipinski definition) is 3. The third-order valence-corrected chi connectivity index (χ3v) is 1.30. The van der Waals surface area contributed by atoms with E-state index in [9.17, 15) is 4.79 Å². The van der Waals surface area contributed by atoms with E-state index in [0.717, 1.165) is 0 Å². The van der Waals surface area contributed by atoms with Gasteiger partial charge < -0.3 is 9.84 Å². The highest BCUT2D eigenvalue weighted by atomic mass is 16.5. The van der Waals surface area contributed by atoms with Crippen molar-refractivity contribution < 1.29 is 14.6 Å². The number of hydrogen-bond acceptors (Lipinski definition) is 5. The maximum absolute atomic E-state index is 10.1. The Bertz CT molecular complexity index is 192. The van der Waals surface area contributed by atoms with Crippen molar-refractivity contribution in [3.05, 3.63) is 0 Å². The number of nitrogens with one attached hydrogen (secondary N) is 2. The maximum atomic E-state index is 10.1. The molecule has 6 nitrogen and oxygen atoms in total. The van der Waals surface area contributed by atoms with Crippen LogP contribution in [0, 0.1) is 0 Å². The Morgan fingerprint density at radius 1 is 1.75 bits per heavy atom. The van der Waals surface area contributed by atoms with Crippen molar-refractivity contribution in [2.24, 2.45) is 5.10 Å². The van der Waals surface area contributed by atoms with Crippen molar-refractivity contribution in [3.63, 3.8) is 0 Å². The fraction of sp³-hybridized carbons (Fsp3) is 0.667. The van der Waals surface area contributed by atoms with Crippen LogP contribution in [-0.2, 0) is 9.53 Å². The molecule has 0 amide bonds. The first-order valence-corrected chi connectivity index (χ1v) is 3.68. The van der Waals surface area contributed by atoms with Crippen molar-refractivity contribution in [3.8, 4) is 0 Å². The quantitative estimate of drug-likeness (QED) is 0.489. The van der Waals surface area contributed by atoms with Gasteiger partial charge in [-0.05, 0) is 6.42 Å². The summed E-state index contributed by atoms with van der Waals surface area (Å²) in [5.41, 5.74) is 5.25. The van der Waals surface area contributed by atoms with Gasteiger partial charge in [-0.25, -0.2) is 11.0 Å². The van der Waals surface area contributed by atoms with Crippen LogP contribution in [0.1, 0.15) is 12.8 Å². The van der Waals surface area contributed by atoms with Gasteiger partial charge in [0, 0.05) is 6.42 Å². The lowest BCUT2D eigenvalue weighted by Crippen LogP contribution is -2.22. The fourth-order valence-electron chi connectivity index (χ4n) is 0.753. The summed E-state index contributed by atoms with van der Waals surface area (Å²) in [6.45, 7) is 0.946. The largest absolute Gasteiger partial charge is 0.481 e. The summed E-state index contributed by atoms with van der Waals surface area (Å²) in [7, 11) is 0. The van der Waals surface area contributed by atoms with Gasteiger partial charge in [-0.3, -0.25) is 4.79 Å². The Morgan fingerprint density at radius 2 is 2.58 bits per heavy atom. The summed E-state index contributed by atoms with van der Waals surface area (Å²) in [6.07, 6.45) is 0.641. The first-order chi connectivity index (χ1) is 5.79. The van der Waals surface area contributed by atoms with E-state index in [0.29, 0.717) is 25.5 Å². The van der Waals surface area contributed by atoms with Crippen LogP contribution in [0.25, 0.3) is 0 Å². The molecule has 1 aliphatic heterocycles. The molecule has 0 radical (unpaired) electrons. The Hall–Kier alpha value is -1.30. The number of hydrazone groups is 1. The minimum Gasteiger partial charge on any atom is -0.481 e.